The molecule has 0 unspecified atom stereocenters. The van der Waals surface area contributed by atoms with Crippen molar-refractivity contribution in [3.8, 4) is 17.7 Å². The van der Waals surface area contributed by atoms with Crippen LogP contribution < -0.4 is 9.47 Å². The molecule has 0 spiro atoms. The molecule has 0 amide bonds. The number of carboxylic acids is 2. The lowest BCUT2D eigenvalue weighted by molar-refractivity contribution is -0.137. The molecule has 0 aliphatic carbocycles. The van der Waals surface area contributed by atoms with E-state index in [-0.39, 0.29) is 12.3 Å². The Morgan fingerprint density at radius 2 is 1.74 bits per heavy atom. The summed E-state index contributed by atoms with van der Waals surface area (Å²) >= 11 is 0. The van der Waals surface area contributed by atoms with Gasteiger partial charge in [0, 0.05) is 12.6 Å². The molecule has 0 aliphatic rings. The normalized spacial score (nSPS) is 11.4. The third-order valence-corrected chi connectivity index (χ3v) is 5.28. The predicted molar refractivity (Wildman–Crippen MR) is 127 cm³/mol. The average molecular weight is 472 g/mol. The molecule has 2 aromatic heterocycles. The average Bonchev–Trinajstić information content (AvgIpc) is 3.16. The van der Waals surface area contributed by atoms with Crippen LogP contribution >= 0.6 is 0 Å². The first-order valence-electron chi connectivity index (χ1n) is 11.8. The standard InChI is InChI=1S/C25H33N3O6/c1-2-3-4-5-6-9-16-34-24-20(17-19(18-26)25(31)32)28-14-11-12-21(23(28)27-24)33-15-10-7-8-13-22(29)30/h11-12,14,17H,2-10,13,15-16H2,1H3,(H,29,30)(H,31,32). The van der Waals surface area contributed by atoms with E-state index in [9.17, 15) is 20.0 Å². The number of hydrogen-bond acceptors (Lipinski definition) is 6. The summed E-state index contributed by atoms with van der Waals surface area (Å²) in [5.74, 6) is -1.39. The maximum absolute atomic E-state index is 11.4. The number of fused-ring (bicyclic) bond motifs is 1. The molecule has 9 heteroatoms. The quantitative estimate of drug-likeness (QED) is 0.185. The van der Waals surface area contributed by atoms with Crippen LogP contribution in [0.4, 0.5) is 0 Å². The van der Waals surface area contributed by atoms with E-state index in [0.29, 0.717) is 43.1 Å². The predicted octanol–water partition coefficient (Wildman–Crippen LogP) is 5.09. The van der Waals surface area contributed by atoms with Crippen LogP contribution in [0.25, 0.3) is 11.7 Å². The van der Waals surface area contributed by atoms with E-state index in [1.54, 1.807) is 28.8 Å². The molecular weight excluding hydrogens is 438 g/mol. The summed E-state index contributed by atoms with van der Waals surface area (Å²) in [4.78, 5) is 26.6. The molecular formula is C25H33N3O6. The highest BCUT2D eigenvalue weighted by molar-refractivity contribution is 5.96. The van der Waals surface area contributed by atoms with Crippen molar-refractivity contribution in [3.05, 3.63) is 29.6 Å². The van der Waals surface area contributed by atoms with Crippen LogP contribution in [0.1, 0.15) is 76.8 Å². The smallest absolute Gasteiger partial charge is 0.346 e. The number of aliphatic carboxylic acids is 2. The van der Waals surface area contributed by atoms with Crippen molar-refractivity contribution >= 4 is 23.7 Å². The van der Waals surface area contributed by atoms with Crippen LogP contribution in [0.2, 0.25) is 0 Å². The number of pyridine rings is 1. The van der Waals surface area contributed by atoms with E-state index in [1.165, 1.54) is 25.3 Å². The van der Waals surface area contributed by atoms with E-state index in [2.05, 4.69) is 11.9 Å². The van der Waals surface area contributed by atoms with E-state index >= 15 is 0 Å². The van der Waals surface area contributed by atoms with E-state index < -0.39 is 17.5 Å². The minimum Gasteiger partial charge on any atom is -0.490 e. The number of hydrogen-bond donors (Lipinski definition) is 2. The van der Waals surface area contributed by atoms with Gasteiger partial charge in [-0.25, -0.2) is 4.79 Å². The molecule has 0 aliphatic heterocycles. The summed E-state index contributed by atoms with van der Waals surface area (Å²) in [5.41, 5.74) is 0.405. The molecule has 0 radical (unpaired) electrons. The third kappa shape index (κ3) is 8.43. The lowest BCUT2D eigenvalue weighted by Gasteiger charge is -2.07. The molecule has 2 heterocycles. The van der Waals surface area contributed by atoms with Crippen molar-refractivity contribution in [2.75, 3.05) is 13.2 Å². The Bertz CT molecular complexity index is 1020. The Morgan fingerprint density at radius 1 is 1.06 bits per heavy atom. The van der Waals surface area contributed by atoms with Crippen LogP contribution in [-0.2, 0) is 9.59 Å². The highest BCUT2D eigenvalue weighted by Gasteiger charge is 2.18. The summed E-state index contributed by atoms with van der Waals surface area (Å²) in [6.45, 7) is 3.00. The number of nitrogens with zero attached hydrogens (tertiary/aromatic N) is 3. The molecule has 34 heavy (non-hydrogen) atoms. The Morgan fingerprint density at radius 3 is 2.41 bits per heavy atom. The number of unbranched alkanes of at least 4 members (excludes halogenated alkanes) is 7. The molecule has 2 N–H and O–H groups in total. The molecule has 0 atom stereocenters. The van der Waals surface area contributed by atoms with Crippen molar-refractivity contribution in [1.29, 1.82) is 5.26 Å². The Balaban J connectivity index is 2.16. The zero-order chi connectivity index (χ0) is 24.8. The molecule has 2 aromatic rings. The minimum atomic E-state index is -1.33. The first-order chi connectivity index (χ1) is 16.5. The van der Waals surface area contributed by atoms with Gasteiger partial charge in [0.2, 0.25) is 5.88 Å². The number of carboxylic acid groups (broad SMARTS) is 2. The van der Waals surface area contributed by atoms with Crippen molar-refractivity contribution in [2.24, 2.45) is 0 Å². The van der Waals surface area contributed by atoms with Crippen LogP contribution in [0.15, 0.2) is 23.9 Å². The second-order valence-corrected chi connectivity index (χ2v) is 8.01. The fourth-order valence-corrected chi connectivity index (χ4v) is 3.46. The third-order valence-electron chi connectivity index (χ3n) is 5.28. The van der Waals surface area contributed by atoms with Crippen LogP contribution in [0.5, 0.6) is 11.6 Å². The maximum atomic E-state index is 11.4. The number of ether oxygens (including phenoxy) is 2. The first kappa shape index (κ1) is 26.7. The van der Waals surface area contributed by atoms with Gasteiger partial charge in [-0.05, 0) is 43.9 Å². The molecule has 2 rings (SSSR count). The van der Waals surface area contributed by atoms with Gasteiger partial charge in [-0.3, -0.25) is 9.20 Å². The zero-order valence-electron chi connectivity index (χ0n) is 19.7. The van der Waals surface area contributed by atoms with Crippen molar-refractivity contribution in [2.45, 2.75) is 71.1 Å². The largest absolute Gasteiger partial charge is 0.490 e. The van der Waals surface area contributed by atoms with E-state index in [4.69, 9.17) is 14.6 Å². The highest BCUT2D eigenvalue weighted by atomic mass is 16.5. The molecule has 0 saturated heterocycles. The van der Waals surface area contributed by atoms with Gasteiger partial charge in [-0.1, -0.05) is 39.0 Å². The summed E-state index contributed by atoms with van der Waals surface area (Å²) < 4.78 is 13.4. The van der Waals surface area contributed by atoms with Crippen molar-refractivity contribution in [1.82, 2.24) is 9.38 Å². The SMILES string of the molecule is CCCCCCCCOc1nc2c(OCCCCCC(=O)O)cccn2c1C=C(C#N)C(=O)O. The monoisotopic (exact) mass is 471 g/mol. The minimum absolute atomic E-state index is 0.135. The zero-order valence-corrected chi connectivity index (χ0v) is 19.7. The van der Waals surface area contributed by atoms with Gasteiger partial charge in [-0.15, -0.1) is 0 Å². The first-order valence-corrected chi connectivity index (χ1v) is 11.8. The summed E-state index contributed by atoms with van der Waals surface area (Å²) in [6, 6.07) is 5.20. The molecule has 0 saturated carbocycles. The van der Waals surface area contributed by atoms with Crippen molar-refractivity contribution < 1.29 is 29.3 Å². The van der Waals surface area contributed by atoms with E-state index in [0.717, 1.165) is 25.7 Å². The molecule has 0 fully saturated rings. The highest BCUT2D eigenvalue weighted by Crippen LogP contribution is 2.29. The molecule has 9 nitrogen and oxygen atoms in total. The molecule has 0 aromatic carbocycles. The second-order valence-electron chi connectivity index (χ2n) is 8.01. The molecule has 0 bridgehead atoms. The van der Waals surface area contributed by atoms with Crippen LogP contribution in [-0.4, -0.2) is 44.8 Å². The number of carbonyl (C=O) groups is 2. The lowest BCUT2D eigenvalue weighted by Crippen LogP contribution is -2.02. The fourth-order valence-electron chi connectivity index (χ4n) is 3.46. The van der Waals surface area contributed by atoms with Crippen LogP contribution in [0, 0.1) is 11.3 Å². The van der Waals surface area contributed by atoms with Gasteiger partial charge < -0.3 is 19.7 Å². The van der Waals surface area contributed by atoms with Gasteiger partial charge in [0.05, 0.1) is 13.2 Å². The molecule has 184 valence electrons. The number of imidazole rings is 1. The lowest BCUT2D eigenvalue weighted by atomic mass is 10.1. The van der Waals surface area contributed by atoms with Crippen LogP contribution in [0.3, 0.4) is 0 Å². The van der Waals surface area contributed by atoms with Gasteiger partial charge in [0.15, 0.2) is 11.4 Å². The topological polar surface area (TPSA) is 134 Å². The van der Waals surface area contributed by atoms with Crippen molar-refractivity contribution in [3.63, 3.8) is 0 Å². The Labute approximate surface area is 199 Å². The van der Waals surface area contributed by atoms with Gasteiger partial charge in [-0.2, -0.15) is 10.2 Å². The Kier molecular flexibility index (Phi) is 11.5. The van der Waals surface area contributed by atoms with Gasteiger partial charge >= 0.3 is 11.9 Å². The summed E-state index contributed by atoms with van der Waals surface area (Å²) in [7, 11) is 0. The Hall–Kier alpha value is -3.54. The fraction of sp³-hybridized carbons (Fsp3) is 0.520. The number of aromatic nitrogens is 2. The second kappa shape index (κ2) is 14.6. The van der Waals surface area contributed by atoms with Gasteiger partial charge in [0.1, 0.15) is 17.3 Å². The number of nitriles is 1. The summed E-state index contributed by atoms with van der Waals surface area (Å²) in [5, 5.41) is 27.2. The number of rotatable bonds is 17. The van der Waals surface area contributed by atoms with Gasteiger partial charge in [0.25, 0.3) is 0 Å². The maximum Gasteiger partial charge on any atom is 0.346 e. The van der Waals surface area contributed by atoms with E-state index in [1.807, 2.05) is 0 Å². The summed E-state index contributed by atoms with van der Waals surface area (Å²) in [6.07, 6.45) is 11.7.